The zero-order valence-electron chi connectivity index (χ0n) is 9.25. The van der Waals surface area contributed by atoms with E-state index in [-0.39, 0.29) is 26.3 Å². The molecule has 0 fully saturated rings. The normalized spacial score (nSPS) is 10.3. The average molecular weight is 320 g/mol. The van der Waals surface area contributed by atoms with Crippen LogP contribution < -0.4 is 5.32 Å². The number of carbonyl (C=O) groups is 1. The molecule has 0 saturated heterocycles. The number of rotatable bonds is 2. The highest BCUT2D eigenvalue weighted by Crippen LogP contribution is 2.27. The molecule has 0 bridgehead atoms. The van der Waals surface area contributed by atoms with E-state index in [0.717, 1.165) is 0 Å². The molecule has 0 aliphatic carbocycles. The minimum absolute atomic E-state index is 0.177. The molecule has 1 heterocycles. The molecular weight excluding hydrogens is 314 g/mol. The minimum atomic E-state index is -0.733. The lowest BCUT2D eigenvalue weighted by atomic mass is 10.2. The maximum atomic E-state index is 13.2. The fraction of sp³-hybridized carbons (Fsp3) is 0. The first kappa shape index (κ1) is 14.1. The van der Waals surface area contributed by atoms with Gasteiger partial charge in [-0.15, -0.1) is 0 Å². The molecule has 98 valence electrons. The molecule has 0 unspecified atom stereocenters. The van der Waals surface area contributed by atoms with Crippen molar-refractivity contribution in [3.8, 4) is 0 Å². The number of amides is 1. The zero-order chi connectivity index (χ0) is 14.0. The Hall–Kier alpha value is -1.36. The van der Waals surface area contributed by atoms with Crippen LogP contribution in [0.3, 0.4) is 0 Å². The van der Waals surface area contributed by atoms with Crippen molar-refractivity contribution in [1.82, 2.24) is 4.98 Å². The zero-order valence-corrected chi connectivity index (χ0v) is 11.5. The molecule has 2 rings (SSSR count). The lowest BCUT2D eigenvalue weighted by Crippen LogP contribution is -2.12. The number of hydrogen-bond acceptors (Lipinski definition) is 2. The number of aromatic nitrogens is 1. The van der Waals surface area contributed by atoms with E-state index in [1.54, 1.807) is 0 Å². The van der Waals surface area contributed by atoms with Crippen LogP contribution in [0.15, 0.2) is 30.6 Å². The van der Waals surface area contributed by atoms with Crippen LogP contribution in [-0.4, -0.2) is 10.9 Å². The standard InChI is InChI=1S/C12H6Cl3FN2O/c13-8-3-6(4-9(14)11(8)16)18-12(19)7-1-2-17-5-10(7)15/h1-5H,(H,18,19). The Morgan fingerprint density at radius 3 is 2.37 bits per heavy atom. The SMILES string of the molecule is O=C(Nc1cc(Cl)c(F)c(Cl)c1)c1ccncc1Cl. The molecule has 0 radical (unpaired) electrons. The molecule has 1 aromatic carbocycles. The molecule has 2 aromatic rings. The van der Waals surface area contributed by atoms with Crippen LogP contribution in [0, 0.1) is 5.82 Å². The summed E-state index contributed by atoms with van der Waals surface area (Å²) in [7, 11) is 0. The average Bonchev–Trinajstić information content (AvgIpc) is 2.36. The van der Waals surface area contributed by atoms with Gasteiger partial charge in [0.2, 0.25) is 0 Å². The number of pyridine rings is 1. The second-order valence-electron chi connectivity index (χ2n) is 3.56. The quantitative estimate of drug-likeness (QED) is 0.832. The smallest absolute Gasteiger partial charge is 0.257 e. The monoisotopic (exact) mass is 318 g/mol. The summed E-state index contributed by atoms with van der Waals surface area (Å²) in [5.74, 6) is -1.20. The predicted octanol–water partition coefficient (Wildman–Crippen LogP) is 4.43. The molecule has 0 aliphatic rings. The van der Waals surface area contributed by atoms with Crippen LogP contribution in [0.5, 0.6) is 0 Å². The first-order valence-electron chi connectivity index (χ1n) is 5.04. The Morgan fingerprint density at radius 2 is 1.79 bits per heavy atom. The minimum Gasteiger partial charge on any atom is -0.322 e. The second kappa shape index (κ2) is 5.74. The highest BCUT2D eigenvalue weighted by atomic mass is 35.5. The molecule has 0 atom stereocenters. The molecule has 19 heavy (non-hydrogen) atoms. The Balaban J connectivity index is 2.27. The van der Waals surface area contributed by atoms with Crippen molar-refractivity contribution in [2.24, 2.45) is 0 Å². The van der Waals surface area contributed by atoms with Gasteiger partial charge in [-0.2, -0.15) is 0 Å². The van der Waals surface area contributed by atoms with Crippen LogP contribution in [0.1, 0.15) is 10.4 Å². The summed E-state index contributed by atoms with van der Waals surface area (Å²) in [6.45, 7) is 0. The summed E-state index contributed by atoms with van der Waals surface area (Å²) in [5, 5.41) is 2.37. The van der Waals surface area contributed by atoms with Gasteiger partial charge in [-0.3, -0.25) is 9.78 Å². The second-order valence-corrected chi connectivity index (χ2v) is 4.79. The van der Waals surface area contributed by atoms with E-state index in [1.165, 1.54) is 30.6 Å². The van der Waals surface area contributed by atoms with E-state index in [2.05, 4.69) is 10.3 Å². The Bertz CT molecular complexity index is 626. The molecule has 0 aliphatic heterocycles. The summed E-state index contributed by atoms with van der Waals surface area (Å²) < 4.78 is 13.2. The van der Waals surface area contributed by atoms with Gasteiger partial charge in [-0.1, -0.05) is 34.8 Å². The van der Waals surface area contributed by atoms with E-state index in [9.17, 15) is 9.18 Å². The molecule has 3 nitrogen and oxygen atoms in total. The van der Waals surface area contributed by atoms with Crippen LogP contribution in [0.25, 0.3) is 0 Å². The van der Waals surface area contributed by atoms with Gasteiger partial charge in [0.05, 0.1) is 20.6 Å². The molecular formula is C12H6Cl3FN2O. The summed E-state index contributed by atoms with van der Waals surface area (Å²) in [6, 6.07) is 3.98. The lowest BCUT2D eigenvalue weighted by molar-refractivity contribution is 0.102. The van der Waals surface area contributed by atoms with Gasteiger partial charge in [-0.05, 0) is 18.2 Å². The maximum absolute atomic E-state index is 13.2. The van der Waals surface area contributed by atoms with Crippen molar-refractivity contribution in [3.63, 3.8) is 0 Å². The molecule has 0 spiro atoms. The number of halogens is 4. The molecule has 0 saturated carbocycles. The Kier molecular flexibility index (Phi) is 4.24. The molecule has 7 heteroatoms. The summed E-state index contributed by atoms with van der Waals surface area (Å²) in [4.78, 5) is 15.7. The van der Waals surface area contributed by atoms with E-state index in [0.29, 0.717) is 0 Å². The van der Waals surface area contributed by atoms with E-state index >= 15 is 0 Å². The third-order valence-corrected chi connectivity index (χ3v) is 3.11. The van der Waals surface area contributed by atoms with Gasteiger partial charge in [-0.25, -0.2) is 4.39 Å². The largest absolute Gasteiger partial charge is 0.322 e. The van der Waals surface area contributed by atoms with Crippen LogP contribution in [-0.2, 0) is 0 Å². The van der Waals surface area contributed by atoms with Crippen LogP contribution >= 0.6 is 34.8 Å². The first-order valence-corrected chi connectivity index (χ1v) is 6.18. The van der Waals surface area contributed by atoms with Crippen molar-refractivity contribution >= 4 is 46.4 Å². The summed E-state index contributed by atoms with van der Waals surface area (Å²) in [5.41, 5.74) is 0.516. The van der Waals surface area contributed by atoms with Gasteiger partial charge < -0.3 is 5.32 Å². The highest BCUT2D eigenvalue weighted by molar-refractivity contribution is 6.36. The topological polar surface area (TPSA) is 42.0 Å². The van der Waals surface area contributed by atoms with Crippen molar-refractivity contribution in [1.29, 1.82) is 0 Å². The van der Waals surface area contributed by atoms with Crippen LogP contribution in [0.4, 0.5) is 10.1 Å². The van der Waals surface area contributed by atoms with Gasteiger partial charge in [0.15, 0.2) is 5.82 Å². The van der Waals surface area contributed by atoms with Gasteiger partial charge in [0, 0.05) is 18.1 Å². The number of nitrogens with zero attached hydrogens (tertiary/aromatic N) is 1. The lowest BCUT2D eigenvalue weighted by Gasteiger charge is -2.08. The summed E-state index contributed by atoms with van der Waals surface area (Å²) >= 11 is 17.1. The van der Waals surface area contributed by atoms with Gasteiger partial charge in [0.1, 0.15) is 0 Å². The third kappa shape index (κ3) is 3.15. The number of hydrogen-bond donors (Lipinski definition) is 1. The predicted molar refractivity (Wildman–Crippen MR) is 73.6 cm³/mol. The van der Waals surface area contributed by atoms with E-state index in [1.807, 2.05) is 0 Å². The molecule has 1 amide bonds. The van der Waals surface area contributed by atoms with Crippen LogP contribution in [0.2, 0.25) is 15.1 Å². The van der Waals surface area contributed by atoms with Crippen molar-refractivity contribution in [2.45, 2.75) is 0 Å². The summed E-state index contributed by atoms with van der Waals surface area (Å²) in [6.07, 6.45) is 2.78. The number of nitrogens with one attached hydrogen (secondary N) is 1. The number of benzene rings is 1. The number of anilines is 1. The first-order chi connectivity index (χ1) is 8.99. The maximum Gasteiger partial charge on any atom is 0.257 e. The fourth-order valence-corrected chi connectivity index (χ4v) is 2.08. The Labute approximate surface area is 123 Å². The van der Waals surface area contributed by atoms with Gasteiger partial charge >= 0.3 is 0 Å². The van der Waals surface area contributed by atoms with Crippen molar-refractivity contribution < 1.29 is 9.18 Å². The van der Waals surface area contributed by atoms with E-state index in [4.69, 9.17) is 34.8 Å². The molecule has 1 aromatic heterocycles. The van der Waals surface area contributed by atoms with E-state index < -0.39 is 11.7 Å². The third-order valence-electron chi connectivity index (χ3n) is 2.26. The van der Waals surface area contributed by atoms with Crippen molar-refractivity contribution in [3.05, 3.63) is 57.0 Å². The fourth-order valence-electron chi connectivity index (χ4n) is 1.39. The highest BCUT2D eigenvalue weighted by Gasteiger charge is 2.13. The van der Waals surface area contributed by atoms with Gasteiger partial charge in [0.25, 0.3) is 5.91 Å². The Morgan fingerprint density at radius 1 is 1.16 bits per heavy atom. The number of carbonyl (C=O) groups excluding carboxylic acids is 1. The van der Waals surface area contributed by atoms with Crippen molar-refractivity contribution in [2.75, 3.05) is 5.32 Å². The molecule has 1 N–H and O–H groups in total.